The summed E-state index contributed by atoms with van der Waals surface area (Å²) in [6.45, 7) is 5.02. The van der Waals surface area contributed by atoms with Gasteiger partial charge in [0.15, 0.2) is 6.30 Å². The molecule has 13 heavy (non-hydrogen) atoms. The van der Waals surface area contributed by atoms with Crippen molar-refractivity contribution >= 4 is 11.8 Å². The predicted octanol–water partition coefficient (Wildman–Crippen LogP) is 1.48. The Morgan fingerprint density at radius 1 is 1.54 bits per heavy atom. The van der Waals surface area contributed by atoms with Crippen molar-refractivity contribution in [1.82, 2.24) is 4.90 Å². The van der Waals surface area contributed by atoms with Crippen molar-refractivity contribution in [1.29, 1.82) is 0 Å². The smallest absolute Gasteiger partial charge is 0.236 e. The lowest BCUT2D eigenvalue weighted by molar-refractivity contribution is -0.152. The van der Waals surface area contributed by atoms with E-state index in [9.17, 15) is 14.0 Å². The first kappa shape index (κ1) is 10.2. The van der Waals surface area contributed by atoms with Crippen LogP contribution in [0.4, 0.5) is 4.39 Å². The predicted molar refractivity (Wildman–Crippen MR) is 45.4 cm³/mol. The van der Waals surface area contributed by atoms with Gasteiger partial charge in [-0.2, -0.15) is 0 Å². The van der Waals surface area contributed by atoms with E-state index in [-0.39, 0.29) is 12.8 Å². The molecule has 0 bridgehead atoms. The summed E-state index contributed by atoms with van der Waals surface area (Å²) in [7, 11) is 0. The summed E-state index contributed by atoms with van der Waals surface area (Å²) in [5.74, 6) is -0.824. The van der Waals surface area contributed by atoms with Gasteiger partial charge >= 0.3 is 0 Å². The number of hydrogen-bond acceptors (Lipinski definition) is 2. The van der Waals surface area contributed by atoms with Crippen LogP contribution >= 0.6 is 0 Å². The molecule has 2 amide bonds. The maximum Gasteiger partial charge on any atom is 0.236 e. The van der Waals surface area contributed by atoms with Gasteiger partial charge < -0.3 is 0 Å². The molecule has 1 aliphatic heterocycles. The van der Waals surface area contributed by atoms with Crippen LogP contribution in [0.1, 0.15) is 33.6 Å². The molecule has 0 aromatic rings. The molecular formula is C9H14FNO2. The minimum Gasteiger partial charge on any atom is -0.274 e. The molecule has 1 fully saturated rings. The highest BCUT2D eigenvalue weighted by Gasteiger charge is 2.40. The van der Waals surface area contributed by atoms with Crippen molar-refractivity contribution < 1.29 is 14.0 Å². The zero-order valence-corrected chi connectivity index (χ0v) is 8.13. The number of hydrogen-bond donors (Lipinski definition) is 0. The van der Waals surface area contributed by atoms with Gasteiger partial charge in [0.05, 0.1) is 0 Å². The van der Waals surface area contributed by atoms with E-state index in [1.807, 2.05) is 0 Å². The Balaban J connectivity index is 2.82. The Kier molecular flexibility index (Phi) is 2.41. The molecular weight excluding hydrogens is 173 g/mol. The molecule has 1 rings (SSSR count). The maximum atomic E-state index is 13.1. The summed E-state index contributed by atoms with van der Waals surface area (Å²) in [5, 5.41) is 0. The Labute approximate surface area is 76.9 Å². The number of halogens is 1. The highest BCUT2D eigenvalue weighted by Crippen LogP contribution is 2.26. The third-order valence-corrected chi connectivity index (χ3v) is 2.01. The van der Waals surface area contributed by atoms with Crippen LogP contribution in [0.5, 0.6) is 0 Å². The quantitative estimate of drug-likeness (QED) is 0.538. The van der Waals surface area contributed by atoms with Gasteiger partial charge in [0.25, 0.3) is 0 Å². The van der Waals surface area contributed by atoms with Gasteiger partial charge in [0.2, 0.25) is 11.8 Å². The van der Waals surface area contributed by atoms with Crippen LogP contribution in [-0.2, 0) is 9.59 Å². The molecule has 1 atom stereocenters. The SMILES string of the molecule is CC(C)(C)C(=O)N1C(=O)CCC1F. The zero-order valence-electron chi connectivity index (χ0n) is 8.13. The summed E-state index contributed by atoms with van der Waals surface area (Å²) >= 11 is 0. The molecule has 74 valence electrons. The second-order valence-corrected chi connectivity index (χ2v) is 4.29. The lowest BCUT2D eigenvalue weighted by Gasteiger charge is -2.25. The van der Waals surface area contributed by atoms with Gasteiger partial charge in [0, 0.05) is 18.3 Å². The van der Waals surface area contributed by atoms with Gasteiger partial charge in [-0.05, 0) is 0 Å². The molecule has 3 nitrogen and oxygen atoms in total. The zero-order chi connectivity index (χ0) is 10.2. The normalized spacial score (nSPS) is 23.8. The molecule has 0 aromatic carbocycles. The largest absolute Gasteiger partial charge is 0.274 e. The monoisotopic (exact) mass is 187 g/mol. The van der Waals surface area contributed by atoms with E-state index in [0.29, 0.717) is 0 Å². The van der Waals surface area contributed by atoms with E-state index in [2.05, 4.69) is 0 Å². The van der Waals surface area contributed by atoms with Crippen LogP contribution < -0.4 is 0 Å². The maximum absolute atomic E-state index is 13.1. The minimum atomic E-state index is -1.42. The molecule has 1 saturated heterocycles. The highest BCUT2D eigenvalue weighted by atomic mass is 19.1. The summed E-state index contributed by atoms with van der Waals surface area (Å²) in [6, 6.07) is 0. The number of alkyl halides is 1. The van der Waals surface area contributed by atoms with E-state index in [1.165, 1.54) is 0 Å². The number of likely N-dealkylation sites (tertiary alicyclic amines) is 1. The third-order valence-electron chi connectivity index (χ3n) is 2.01. The summed E-state index contributed by atoms with van der Waals surface area (Å²) in [5.41, 5.74) is -0.690. The molecule has 0 aromatic heterocycles. The van der Waals surface area contributed by atoms with Gasteiger partial charge in [-0.25, -0.2) is 9.29 Å². The van der Waals surface area contributed by atoms with E-state index < -0.39 is 23.5 Å². The fourth-order valence-electron chi connectivity index (χ4n) is 1.25. The number of carbonyl (C=O) groups is 2. The van der Waals surface area contributed by atoms with Crippen molar-refractivity contribution in [2.75, 3.05) is 0 Å². The topological polar surface area (TPSA) is 37.4 Å². The summed E-state index contributed by atoms with van der Waals surface area (Å²) in [6.07, 6.45) is -1.14. The number of rotatable bonds is 0. The summed E-state index contributed by atoms with van der Waals surface area (Å²) < 4.78 is 13.1. The van der Waals surface area contributed by atoms with E-state index in [0.717, 1.165) is 4.90 Å². The lowest BCUT2D eigenvalue weighted by Crippen LogP contribution is -2.43. The van der Waals surface area contributed by atoms with Gasteiger partial charge in [-0.1, -0.05) is 20.8 Å². The van der Waals surface area contributed by atoms with Crippen molar-refractivity contribution in [3.8, 4) is 0 Å². The first-order valence-corrected chi connectivity index (χ1v) is 4.34. The third kappa shape index (κ3) is 1.87. The van der Waals surface area contributed by atoms with E-state index in [1.54, 1.807) is 20.8 Å². The second kappa shape index (κ2) is 3.09. The van der Waals surface area contributed by atoms with Crippen LogP contribution in [0.15, 0.2) is 0 Å². The Hall–Kier alpha value is -0.930. The Bertz CT molecular complexity index is 244. The van der Waals surface area contributed by atoms with Crippen LogP contribution in [0, 0.1) is 5.41 Å². The molecule has 1 unspecified atom stereocenters. The van der Waals surface area contributed by atoms with Crippen LogP contribution in [0.2, 0.25) is 0 Å². The van der Waals surface area contributed by atoms with Crippen molar-refractivity contribution in [3.05, 3.63) is 0 Å². The number of nitrogens with zero attached hydrogens (tertiary/aromatic N) is 1. The fraction of sp³-hybridized carbons (Fsp3) is 0.778. The van der Waals surface area contributed by atoms with Crippen LogP contribution in [0.25, 0.3) is 0 Å². The Morgan fingerprint density at radius 2 is 2.08 bits per heavy atom. The van der Waals surface area contributed by atoms with Crippen molar-refractivity contribution in [2.24, 2.45) is 5.41 Å². The average molecular weight is 187 g/mol. The molecule has 0 N–H and O–H groups in total. The second-order valence-electron chi connectivity index (χ2n) is 4.29. The van der Waals surface area contributed by atoms with Crippen molar-refractivity contribution in [3.63, 3.8) is 0 Å². The molecule has 0 radical (unpaired) electrons. The molecule has 0 spiro atoms. The summed E-state index contributed by atoms with van der Waals surface area (Å²) in [4.78, 5) is 23.4. The standard InChI is InChI=1S/C9H14FNO2/c1-9(2,3)8(13)11-6(10)4-5-7(11)12/h6H,4-5H2,1-3H3. The van der Waals surface area contributed by atoms with Gasteiger partial charge in [-0.15, -0.1) is 0 Å². The molecule has 0 aliphatic carbocycles. The number of imide groups is 1. The molecule has 1 heterocycles. The van der Waals surface area contributed by atoms with Gasteiger partial charge in [-0.3, -0.25) is 9.59 Å². The highest BCUT2D eigenvalue weighted by molar-refractivity contribution is 5.99. The Morgan fingerprint density at radius 3 is 2.38 bits per heavy atom. The van der Waals surface area contributed by atoms with Crippen LogP contribution in [-0.4, -0.2) is 23.0 Å². The first-order chi connectivity index (χ1) is 5.84. The molecule has 4 heteroatoms. The van der Waals surface area contributed by atoms with Gasteiger partial charge in [0.1, 0.15) is 0 Å². The number of amides is 2. The van der Waals surface area contributed by atoms with Crippen LogP contribution in [0.3, 0.4) is 0 Å². The number of carbonyl (C=O) groups excluding carboxylic acids is 2. The van der Waals surface area contributed by atoms with E-state index in [4.69, 9.17) is 0 Å². The average Bonchev–Trinajstić information content (AvgIpc) is 2.28. The minimum absolute atomic E-state index is 0.140. The fourth-order valence-corrected chi connectivity index (χ4v) is 1.25. The lowest BCUT2D eigenvalue weighted by atomic mass is 9.95. The molecule has 1 aliphatic rings. The first-order valence-electron chi connectivity index (χ1n) is 4.34. The molecule has 0 saturated carbocycles. The van der Waals surface area contributed by atoms with Crippen molar-refractivity contribution in [2.45, 2.75) is 39.9 Å². The van der Waals surface area contributed by atoms with E-state index >= 15 is 0 Å².